The van der Waals surface area contributed by atoms with Crippen LogP contribution in [0.1, 0.15) is 85.0 Å². The van der Waals surface area contributed by atoms with Crippen LogP contribution in [-0.2, 0) is 11.2 Å². The third-order valence-corrected chi connectivity index (χ3v) is 7.09. The molecule has 180 valence electrons. The monoisotopic (exact) mass is 465 g/mol. The van der Waals surface area contributed by atoms with Crippen LogP contribution in [0.3, 0.4) is 0 Å². The van der Waals surface area contributed by atoms with Crippen LogP contribution < -0.4 is 10.6 Å². The number of amides is 2. The molecule has 2 amide bonds. The van der Waals surface area contributed by atoms with Crippen molar-refractivity contribution in [3.05, 3.63) is 41.1 Å². The first-order valence-corrected chi connectivity index (χ1v) is 12.3. The lowest BCUT2D eigenvalue weighted by molar-refractivity contribution is -0.126. The quantitative estimate of drug-likeness (QED) is 0.536. The smallest absolute Gasteiger partial charge is 0.276 e. The predicted molar refractivity (Wildman–Crippen MR) is 123 cm³/mol. The van der Waals surface area contributed by atoms with Crippen LogP contribution in [0.25, 0.3) is 5.65 Å². The van der Waals surface area contributed by atoms with Gasteiger partial charge in [-0.25, -0.2) is 14.1 Å². The van der Waals surface area contributed by atoms with Gasteiger partial charge in [-0.15, -0.1) is 0 Å². The Balaban J connectivity index is 1.41. The number of carbonyl (C=O) groups excluding carboxylic acids is 2. The first-order chi connectivity index (χ1) is 16.6. The zero-order chi connectivity index (χ0) is 23.5. The van der Waals surface area contributed by atoms with Gasteiger partial charge in [0, 0.05) is 18.9 Å². The molecule has 0 spiro atoms. The highest BCUT2D eigenvalue weighted by atomic mass is 16.6. The van der Waals surface area contributed by atoms with Crippen LogP contribution in [0.5, 0.6) is 0 Å². The van der Waals surface area contributed by atoms with Gasteiger partial charge < -0.3 is 10.6 Å². The second-order valence-corrected chi connectivity index (χ2v) is 9.53. The number of nitrogens with one attached hydrogen (secondary N) is 2. The van der Waals surface area contributed by atoms with E-state index in [2.05, 4.69) is 20.9 Å². The maximum absolute atomic E-state index is 13.0. The molecule has 5 rings (SSSR count). The number of hydrogen-bond acceptors (Lipinski definition) is 7. The molecule has 2 aliphatic rings. The molecule has 2 N–H and O–H groups in total. The van der Waals surface area contributed by atoms with E-state index in [4.69, 9.17) is 14.7 Å². The number of fused-ring (bicyclic) bond motifs is 1. The number of rotatable bonds is 6. The molecule has 2 unspecified atom stereocenters. The predicted octanol–water partition coefficient (Wildman–Crippen LogP) is 2.93. The van der Waals surface area contributed by atoms with Gasteiger partial charge in [-0.2, -0.15) is 5.10 Å². The van der Waals surface area contributed by atoms with Crippen molar-refractivity contribution in [3.8, 4) is 0 Å². The summed E-state index contributed by atoms with van der Waals surface area (Å²) in [5, 5.41) is 18.4. The van der Waals surface area contributed by atoms with Crippen molar-refractivity contribution in [1.82, 2.24) is 35.5 Å². The number of nitrogens with zero attached hydrogens (tertiary/aromatic N) is 5. The van der Waals surface area contributed by atoms with E-state index in [1.54, 1.807) is 11.4 Å². The molecule has 1 saturated heterocycles. The van der Waals surface area contributed by atoms with Crippen LogP contribution >= 0.6 is 0 Å². The lowest BCUT2D eigenvalue weighted by Crippen LogP contribution is -2.37. The number of hydrogen-bond donors (Lipinski definition) is 2. The van der Waals surface area contributed by atoms with Crippen molar-refractivity contribution in [2.75, 3.05) is 6.54 Å². The number of piperidine rings is 1. The number of imidazole rings is 1. The molecule has 2 atom stereocenters. The molecule has 1 aliphatic heterocycles. The normalized spacial score (nSPS) is 20.6. The van der Waals surface area contributed by atoms with Crippen LogP contribution in [-0.4, -0.2) is 43.3 Å². The Morgan fingerprint density at radius 2 is 2.00 bits per heavy atom. The summed E-state index contributed by atoms with van der Waals surface area (Å²) in [7, 11) is 0. The summed E-state index contributed by atoms with van der Waals surface area (Å²) in [5.41, 5.74) is 3.03. The summed E-state index contributed by atoms with van der Waals surface area (Å²) < 4.78 is 6.50. The van der Waals surface area contributed by atoms with E-state index in [9.17, 15) is 9.59 Å². The van der Waals surface area contributed by atoms with E-state index in [0.717, 1.165) is 62.1 Å². The topological polar surface area (TPSA) is 127 Å². The second kappa shape index (κ2) is 9.90. The minimum Gasteiger partial charge on any atom is -0.356 e. The van der Waals surface area contributed by atoms with Gasteiger partial charge >= 0.3 is 0 Å². The third kappa shape index (κ3) is 4.80. The fraction of sp³-hybridized carbons (Fsp3) is 0.583. The zero-order valence-corrected chi connectivity index (χ0v) is 19.5. The average Bonchev–Trinajstić information content (AvgIpc) is 3.35. The van der Waals surface area contributed by atoms with E-state index < -0.39 is 0 Å². The summed E-state index contributed by atoms with van der Waals surface area (Å²) in [6, 6.07) is 3.62. The molecule has 34 heavy (non-hydrogen) atoms. The number of aromatic nitrogens is 5. The highest BCUT2D eigenvalue weighted by molar-refractivity contribution is 5.93. The fourth-order valence-corrected chi connectivity index (χ4v) is 5.21. The highest BCUT2D eigenvalue weighted by Crippen LogP contribution is 2.33. The van der Waals surface area contributed by atoms with Gasteiger partial charge in [0.15, 0.2) is 11.3 Å². The Morgan fingerprint density at radius 1 is 1.18 bits per heavy atom. The zero-order valence-electron chi connectivity index (χ0n) is 19.5. The SMILES string of the molecule is Cc1nonc1C(=O)NC(c1cn2nc(CC3CCCNC3=O)ccc2n1)C1CCCCCC1. The molecule has 0 bridgehead atoms. The molecule has 1 saturated carbocycles. The van der Waals surface area contributed by atoms with Crippen LogP contribution in [0.15, 0.2) is 23.0 Å². The third-order valence-electron chi connectivity index (χ3n) is 7.09. The van der Waals surface area contributed by atoms with Crippen molar-refractivity contribution in [2.24, 2.45) is 11.8 Å². The minimum absolute atomic E-state index is 0.0426. The van der Waals surface area contributed by atoms with Crippen LogP contribution in [0.4, 0.5) is 0 Å². The van der Waals surface area contributed by atoms with Crippen molar-refractivity contribution in [1.29, 1.82) is 0 Å². The van der Waals surface area contributed by atoms with E-state index in [-0.39, 0.29) is 35.4 Å². The molecule has 3 aromatic rings. The molecule has 0 radical (unpaired) electrons. The Morgan fingerprint density at radius 3 is 2.74 bits per heavy atom. The lowest BCUT2D eigenvalue weighted by Gasteiger charge is -2.25. The van der Waals surface area contributed by atoms with Crippen molar-refractivity contribution >= 4 is 17.5 Å². The van der Waals surface area contributed by atoms with Gasteiger partial charge in [0.25, 0.3) is 5.91 Å². The van der Waals surface area contributed by atoms with Gasteiger partial charge in [0.1, 0.15) is 5.69 Å². The van der Waals surface area contributed by atoms with E-state index in [1.165, 1.54) is 12.8 Å². The largest absolute Gasteiger partial charge is 0.356 e. The number of carbonyl (C=O) groups is 2. The molecule has 10 heteroatoms. The molecule has 2 fully saturated rings. The Hall–Kier alpha value is -3.30. The molecule has 1 aliphatic carbocycles. The minimum atomic E-state index is -0.304. The summed E-state index contributed by atoms with van der Waals surface area (Å²) >= 11 is 0. The van der Waals surface area contributed by atoms with Crippen molar-refractivity contribution < 1.29 is 14.2 Å². The molecular weight excluding hydrogens is 434 g/mol. The van der Waals surface area contributed by atoms with Gasteiger partial charge in [-0.3, -0.25) is 9.59 Å². The maximum Gasteiger partial charge on any atom is 0.276 e. The van der Waals surface area contributed by atoms with Crippen LogP contribution in [0.2, 0.25) is 0 Å². The van der Waals surface area contributed by atoms with E-state index >= 15 is 0 Å². The molecule has 3 aromatic heterocycles. The van der Waals surface area contributed by atoms with Gasteiger partial charge in [-0.1, -0.05) is 30.8 Å². The van der Waals surface area contributed by atoms with Gasteiger partial charge in [0.05, 0.1) is 23.6 Å². The molecule has 0 aromatic carbocycles. The van der Waals surface area contributed by atoms with E-state index in [1.807, 2.05) is 18.3 Å². The first-order valence-electron chi connectivity index (χ1n) is 12.3. The van der Waals surface area contributed by atoms with Crippen LogP contribution in [0, 0.1) is 18.8 Å². The fourth-order valence-electron chi connectivity index (χ4n) is 5.21. The summed E-state index contributed by atoms with van der Waals surface area (Å²) in [6.45, 7) is 2.46. The molecular formula is C24H31N7O3. The Kier molecular flexibility index (Phi) is 6.55. The number of aryl methyl sites for hydroxylation is 1. The maximum atomic E-state index is 13.0. The first kappa shape index (κ1) is 22.5. The lowest BCUT2D eigenvalue weighted by atomic mass is 9.90. The van der Waals surface area contributed by atoms with E-state index in [0.29, 0.717) is 12.1 Å². The summed E-state index contributed by atoms with van der Waals surface area (Å²) in [6.07, 6.45) is 11.2. The highest BCUT2D eigenvalue weighted by Gasteiger charge is 2.30. The molecule has 10 nitrogen and oxygen atoms in total. The standard InChI is InChI=1S/C24H31N7O3/c1-15-21(30-34-29-15)24(33)27-22(16-7-4-2-3-5-8-16)19-14-31-20(26-19)11-10-18(28-31)13-17-9-6-12-25-23(17)32/h10-11,14,16-17,22H,2-9,12-13H2,1H3,(H,25,32)(H,27,33). The second-order valence-electron chi connectivity index (χ2n) is 9.53. The molecule has 4 heterocycles. The Labute approximate surface area is 197 Å². The summed E-state index contributed by atoms with van der Waals surface area (Å²) in [4.78, 5) is 30.0. The van der Waals surface area contributed by atoms with Crippen molar-refractivity contribution in [2.45, 2.75) is 70.8 Å². The summed E-state index contributed by atoms with van der Waals surface area (Å²) in [5.74, 6) is 0.0382. The van der Waals surface area contributed by atoms with Gasteiger partial charge in [-0.05, 0) is 55.8 Å². The van der Waals surface area contributed by atoms with Gasteiger partial charge in [0.2, 0.25) is 5.91 Å². The Bertz CT molecular complexity index is 1160. The average molecular weight is 466 g/mol. The van der Waals surface area contributed by atoms with Crippen molar-refractivity contribution in [3.63, 3.8) is 0 Å².